The zero-order valence-electron chi connectivity index (χ0n) is 17.6. The summed E-state index contributed by atoms with van der Waals surface area (Å²) in [4.78, 5) is 0. The SMILES string of the molecule is CC(C)(C)[Si](C)(C)OC[C@@H]1CCC2(OCCO2)[C@]2(C)CC[C@H](O)[C@@H]3C[C@@]132. The van der Waals surface area contributed by atoms with Gasteiger partial charge in [0.1, 0.15) is 0 Å². The van der Waals surface area contributed by atoms with Gasteiger partial charge in [-0.25, -0.2) is 0 Å². The van der Waals surface area contributed by atoms with Crippen molar-refractivity contribution < 1.29 is 19.0 Å². The van der Waals surface area contributed by atoms with Gasteiger partial charge in [0.2, 0.25) is 0 Å². The van der Waals surface area contributed by atoms with Crippen LogP contribution in [0.3, 0.4) is 0 Å². The Kier molecular flexibility index (Phi) is 4.31. The Balaban J connectivity index is 1.60. The topological polar surface area (TPSA) is 47.9 Å². The quantitative estimate of drug-likeness (QED) is 0.738. The lowest BCUT2D eigenvalue weighted by molar-refractivity contribution is -0.299. The minimum Gasteiger partial charge on any atom is -0.417 e. The number of fused-ring (bicyclic) bond motifs is 1. The second-order valence-electron chi connectivity index (χ2n) is 11.0. The minimum absolute atomic E-state index is 0.000103. The number of rotatable bonds is 3. The van der Waals surface area contributed by atoms with Gasteiger partial charge in [-0.1, -0.05) is 27.7 Å². The first-order valence-corrected chi connectivity index (χ1v) is 13.5. The largest absolute Gasteiger partial charge is 0.417 e. The van der Waals surface area contributed by atoms with Gasteiger partial charge in [-0.3, -0.25) is 0 Å². The van der Waals surface area contributed by atoms with Crippen LogP contribution in [0.15, 0.2) is 0 Å². The zero-order chi connectivity index (χ0) is 19.0. The Morgan fingerprint density at radius 2 is 1.77 bits per heavy atom. The highest BCUT2D eigenvalue weighted by Gasteiger charge is 2.79. The van der Waals surface area contributed by atoms with E-state index < -0.39 is 14.1 Å². The summed E-state index contributed by atoms with van der Waals surface area (Å²) in [6.45, 7) is 16.3. The number of aliphatic hydroxyl groups excluding tert-OH is 1. The fourth-order valence-electron chi connectivity index (χ4n) is 6.33. The molecule has 0 amide bonds. The van der Waals surface area contributed by atoms with E-state index in [1.807, 2.05) is 0 Å². The van der Waals surface area contributed by atoms with Crippen molar-refractivity contribution in [2.24, 2.45) is 22.7 Å². The minimum atomic E-state index is -1.77. The van der Waals surface area contributed by atoms with Gasteiger partial charge < -0.3 is 19.0 Å². The van der Waals surface area contributed by atoms with Crippen molar-refractivity contribution in [3.63, 3.8) is 0 Å². The third kappa shape index (κ3) is 2.40. The maximum absolute atomic E-state index is 10.7. The molecule has 5 atom stereocenters. The fraction of sp³-hybridized carbons (Fsp3) is 1.00. The van der Waals surface area contributed by atoms with Gasteiger partial charge in [0.05, 0.1) is 19.3 Å². The van der Waals surface area contributed by atoms with E-state index in [2.05, 4.69) is 40.8 Å². The highest BCUT2D eigenvalue weighted by molar-refractivity contribution is 6.74. The molecule has 2 spiro atoms. The number of ether oxygens (including phenoxy) is 2. The molecule has 1 N–H and O–H groups in total. The first-order chi connectivity index (χ1) is 12.0. The Bertz CT molecular complexity index is 565. The molecule has 3 saturated carbocycles. The Morgan fingerprint density at radius 3 is 2.38 bits per heavy atom. The number of hydrogen-bond acceptors (Lipinski definition) is 4. The average molecular weight is 383 g/mol. The van der Waals surface area contributed by atoms with Gasteiger partial charge in [-0.2, -0.15) is 0 Å². The Hall–Kier alpha value is 0.0569. The lowest BCUT2D eigenvalue weighted by atomic mass is 9.51. The van der Waals surface area contributed by atoms with Crippen molar-refractivity contribution in [3.8, 4) is 0 Å². The lowest BCUT2D eigenvalue weighted by Gasteiger charge is -2.59. The highest BCUT2D eigenvalue weighted by Crippen LogP contribution is 2.79. The summed E-state index contributed by atoms with van der Waals surface area (Å²) in [5.41, 5.74) is 0.135. The van der Waals surface area contributed by atoms with Crippen molar-refractivity contribution in [2.75, 3.05) is 19.8 Å². The second-order valence-corrected chi connectivity index (χ2v) is 15.9. The van der Waals surface area contributed by atoms with Gasteiger partial charge >= 0.3 is 0 Å². The molecule has 4 rings (SSSR count). The molecule has 0 aromatic rings. The Labute approximate surface area is 160 Å². The molecule has 0 radical (unpaired) electrons. The van der Waals surface area contributed by atoms with Gasteiger partial charge in [0.15, 0.2) is 14.1 Å². The van der Waals surface area contributed by atoms with Crippen LogP contribution in [0, 0.1) is 22.7 Å². The molecule has 150 valence electrons. The summed E-state index contributed by atoms with van der Waals surface area (Å²) >= 11 is 0. The van der Waals surface area contributed by atoms with Gasteiger partial charge in [0.25, 0.3) is 0 Å². The third-order valence-corrected chi connectivity index (χ3v) is 13.6. The molecule has 0 aromatic carbocycles. The molecular weight excluding hydrogens is 344 g/mol. The Morgan fingerprint density at radius 1 is 1.12 bits per heavy atom. The van der Waals surface area contributed by atoms with Crippen molar-refractivity contribution in [1.82, 2.24) is 0 Å². The summed E-state index contributed by atoms with van der Waals surface area (Å²) in [5, 5.41) is 10.9. The molecule has 1 heterocycles. The molecule has 4 fully saturated rings. The van der Waals surface area contributed by atoms with Crippen molar-refractivity contribution >= 4 is 8.32 Å². The highest BCUT2D eigenvalue weighted by atomic mass is 28.4. The van der Waals surface area contributed by atoms with Gasteiger partial charge in [0, 0.05) is 18.4 Å². The molecule has 1 saturated heterocycles. The van der Waals surface area contributed by atoms with Crippen LogP contribution in [0.5, 0.6) is 0 Å². The van der Waals surface area contributed by atoms with E-state index in [-0.39, 0.29) is 22.0 Å². The molecule has 1 aliphatic heterocycles. The number of hydrogen-bond donors (Lipinski definition) is 1. The first kappa shape index (κ1) is 19.4. The van der Waals surface area contributed by atoms with Crippen LogP contribution in [0.4, 0.5) is 0 Å². The summed E-state index contributed by atoms with van der Waals surface area (Å²) in [7, 11) is -1.77. The van der Waals surface area contributed by atoms with Crippen LogP contribution in [-0.2, 0) is 13.9 Å². The smallest absolute Gasteiger partial charge is 0.191 e. The van der Waals surface area contributed by atoms with E-state index in [4.69, 9.17) is 13.9 Å². The van der Waals surface area contributed by atoms with E-state index in [9.17, 15) is 5.11 Å². The molecule has 5 heteroatoms. The summed E-state index contributed by atoms with van der Waals surface area (Å²) in [5.74, 6) is 0.495. The molecule has 3 aliphatic carbocycles. The van der Waals surface area contributed by atoms with Crippen LogP contribution < -0.4 is 0 Å². The predicted molar refractivity (Wildman–Crippen MR) is 104 cm³/mol. The van der Waals surface area contributed by atoms with E-state index in [1.54, 1.807) is 0 Å². The second kappa shape index (κ2) is 5.79. The fourth-order valence-corrected chi connectivity index (χ4v) is 7.38. The van der Waals surface area contributed by atoms with Crippen LogP contribution in [0.2, 0.25) is 18.1 Å². The van der Waals surface area contributed by atoms with Crippen LogP contribution in [0.25, 0.3) is 0 Å². The summed E-state index contributed by atoms with van der Waals surface area (Å²) in [6.07, 6.45) is 4.90. The van der Waals surface area contributed by atoms with Gasteiger partial charge in [-0.05, 0) is 61.1 Å². The van der Waals surface area contributed by atoms with Crippen LogP contribution in [-0.4, -0.2) is 45.1 Å². The molecule has 4 aliphatic rings. The van der Waals surface area contributed by atoms with E-state index in [1.165, 1.54) is 0 Å². The molecule has 0 bridgehead atoms. The summed E-state index contributed by atoms with van der Waals surface area (Å²) in [6, 6.07) is 0. The molecule has 0 unspecified atom stereocenters. The first-order valence-electron chi connectivity index (χ1n) is 10.6. The number of aliphatic hydroxyl groups is 1. The third-order valence-electron chi connectivity index (χ3n) is 9.09. The van der Waals surface area contributed by atoms with Crippen molar-refractivity contribution in [3.05, 3.63) is 0 Å². The molecular formula is C21H38O4Si. The molecule has 4 nitrogen and oxygen atoms in total. The van der Waals surface area contributed by atoms with Crippen molar-refractivity contribution in [2.45, 2.75) is 89.8 Å². The predicted octanol–water partition coefficient (Wildman–Crippen LogP) is 4.33. The normalized spacial score (nSPS) is 44.7. The lowest BCUT2D eigenvalue weighted by Crippen LogP contribution is -2.62. The molecule has 0 aromatic heterocycles. The average Bonchev–Trinajstić information content (AvgIpc) is 3.14. The monoisotopic (exact) mass is 382 g/mol. The van der Waals surface area contributed by atoms with Crippen LogP contribution in [0.1, 0.15) is 59.8 Å². The summed E-state index contributed by atoms with van der Waals surface area (Å²) < 4.78 is 19.3. The zero-order valence-corrected chi connectivity index (χ0v) is 18.6. The molecule has 26 heavy (non-hydrogen) atoms. The maximum Gasteiger partial charge on any atom is 0.191 e. The maximum atomic E-state index is 10.7. The van der Waals surface area contributed by atoms with Gasteiger partial charge in [-0.15, -0.1) is 0 Å². The standard InChI is InChI=1S/C21H38O4Si/c1-18(2,3)26(5,6)25-14-15-7-10-21(23-11-12-24-21)19(4)9-8-17(22)16-13-20(15,16)19/h15-17,22H,7-14H2,1-6H3/t15-,16-,17-,19+,20+/m0/s1. The van der Waals surface area contributed by atoms with E-state index in [0.29, 0.717) is 25.0 Å². The van der Waals surface area contributed by atoms with E-state index in [0.717, 1.165) is 38.7 Å². The van der Waals surface area contributed by atoms with E-state index >= 15 is 0 Å². The van der Waals surface area contributed by atoms with Crippen LogP contribution >= 0.6 is 0 Å². The van der Waals surface area contributed by atoms with Crippen molar-refractivity contribution in [1.29, 1.82) is 0 Å².